The lowest BCUT2D eigenvalue weighted by atomic mass is 10.2. The lowest BCUT2D eigenvalue weighted by molar-refractivity contribution is -0.123. The van der Waals surface area contributed by atoms with Gasteiger partial charge in [-0.05, 0) is 25.1 Å². The van der Waals surface area contributed by atoms with Gasteiger partial charge in [-0.25, -0.2) is 0 Å². The van der Waals surface area contributed by atoms with E-state index in [9.17, 15) is 9.59 Å². The van der Waals surface area contributed by atoms with Gasteiger partial charge >= 0.3 is 0 Å². The summed E-state index contributed by atoms with van der Waals surface area (Å²) in [4.78, 5) is 26.5. The SMILES string of the molecule is Cc1ccc2[nH]c(C(=O)NCCNC(=O)C(C)C)cc2c1. The monoisotopic (exact) mass is 287 g/mol. The van der Waals surface area contributed by atoms with Gasteiger partial charge in [0.15, 0.2) is 0 Å². The molecule has 21 heavy (non-hydrogen) atoms. The van der Waals surface area contributed by atoms with Crippen LogP contribution in [0.15, 0.2) is 24.3 Å². The molecule has 0 saturated carbocycles. The van der Waals surface area contributed by atoms with Crippen molar-refractivity contribution >= 4 is 22.7 Å². The van der Waals surface area contributed by atoms with Crippen LogP contribution < -0.4 is 10.6 Å². The third kappa shape index (κ3) is 3.84. The van der Waals surface area contributed by atoms with Crippen LogP contribution in [-0.4, -0.2) is 29.9 Å². The summed E-state index contributed by atoms with van der Waals surface area (Å²) in [7, 11) is 0. The summed E-state index contributed by atoms with van der Waals surface area (Å²) in [6.07, 6.45) is 0. The molecule has 5 heteroatoms. The Morgan fingerprint density at radius 3 is 2.57 bits per heavy atom. The molecule has 0 aliphatic carbocycles. The highest BCUT2D eigenvalue weighted by Crippen LogP contribution is 2.16. The van der Waals surface area contributed by atoms with Crippen molar-refractivity contribution in [3.8, 4) is 0 Å². The maximum absolute atomic E-state index is 12.0. The second-order valence-electron chi connectivity index (χ2n) is 5.48. The number of fused-ring (bicyclic) bond motifs is 1. The third-order valence-corrected chi connectivity index (χ3v) is 3.26. The highest BCUT2D eigenvalue weighted by molar-refractivity contribution is 5.98. The van der Waals surface area contributed by atoms with Crippen molar-refractivity contribution in [2.45, 2.75) is 20.8 Å². The largest absolute Gasteiger partial charge is 0.354 e. The molecule has 1 aromatic carbocycles. The van der Waals surface area contributed by atoms with Gasteiger partial charge in [0.05, 0.1) is 0 Å². The maximum atomic E-state index is 12.0. The van der Waals surface area contributed by atoms with E-state index in [1.807, 2.05) is 45.0 Å². The number of hydrogen-bond acceptors (Lipinski definition) is 2. The smallest absolute Gasteiger partial charge is 0.267 e. The number of aryl methyl sites for hydroxylation is 1. The van der Waals surface area contributed by atoms with Crippen molar-refractivity contribution in [2.75, 3.05) is 13.1 Å². The minimum absolute atomic E-state index is 0.00895. The van der Waals surface area contributed by atoms with Crippen LogP contribution in [0, 0.1) is 12.8 Å². The molecule has 5 nitrogen and oxygen atoms in total. The molecule has 0 spiro atoms. The molecule has 3 N–H and O–H groups in total. The van der Waals surface area contributed by atoms with Crippen LogP contribution in [0.2, 0.25) is 0 Å². The Hall–Kier alpha value is -2.30. The third-order valence-electron chi connectivity index (χ3n) is 3.26. The number of rotatable bonds is 5. The average molecular weight is 287 g/mol. The van der Waals surface area contributed by atoms with E-state index in [2.05, 4.69) is 15.6 Å². The first-order chi connectivity index (χ1) is 9.97. The fourth-order valence-electron chi connectivity index (χ4n) is 2.04. The Kier molecular flexibility index (Phi) is 4.62. The number of aromatic amines is 1. The first-order valence-electron chi connectivity index (χ1n) is 7.12. The number of benzene rings is 1. The van der Waals surface area contributed by atoms with Gasteiger partial charge < -0.3 is 15.6 Å². The van der Waals surface area contributed by atoms with E-state index >= 15 is 0 Å². The Balaban J connectivity index is 1.89. The topological polar surface area (TPSA) is 74.0 Å². The molecular weight excluding hydrogens is 266 g/mol. The molecule has 1 aromatic heterocycles. The molecule has 0 fully saturated rings. The molecule has 1 heterocycles. The molecule has 0 aliphatic heterocycles. The molecule has 0 radical (unpaired) electrons. The minimum atomic E-state index is -0.164. The predicted octanol–water partition coefficient (Wildman–Crippen LogP) is 1.98. The molecule has 0 aliphatic rings. The Labute approximate surface area is 124 Å². The van der Waals surface area contributed by atoms with Crippen molar-refractivity contribution in [1.29, 1.82) is 0 Å². The summed E-state index contributed by atoms with van der Waals surface area (Å²) in [6, 6.07) is 7.84. The highest BCUT2D eigenvalue weighted by Gasteiger charge is 2.09. The first-order valence-corrected chi connectivity index (χ1v) is 7.12. The fourth-order valence-corrected chi connectivity index (χ4v) is 2.04. The summed E-state index contributed by atoms with van der Waals surface area (Å²) < 4.78 is 0. The standard InChI is InChI=1S/C16H21N3O2/c1-10(2)15(20)17-6-7-18-16(21)14-9-12-8-11(3)4-5-13(12)19-14/h4-5,8-10,19H,6-7H2,1-3H3,(H,17,20)(H,18,21). The lowest BCUT2D eigenvalue weighted by Gasteiger charge is -2.08. The van der Waals surface area contributed by atoms with Crippen molar-refractivity contribution < 1.29 is 9.59 Å². The lowest BCUT2D eigenvalue weighted by Crippen LogP contribution is -2.36. The molecule has 2 amide bonds. The molecule has 112 valence electrons. The zero-order chi connectivity index (χ0) is 15.4. The molecule has 0 saturated heterocycles. The van der Waals surface area contributed by atoms with E-state index in [1.54, 1.807) is 0 Å². The summed E-state index contributed by atoms with van der Waals surface area (Å²) in [5.74, 6) is -0.217. The van der Waals surface area contributed by atoms with Gasteiger partial charge in [-0.2, -0.15) is 0 Å². The second-order valence-corrected chi connectivity index (χ2v) is 5.48. The van der Waals surface area contributed by atoms with E-state index in [4.69, 9.17) is 0 Å². The first kappa shape index (κ1) is 15.1. The van der Waals surface area contributed by atoms with Gasteiger partial charge in [-0.3, -0.25) is 9.59 Å². The second kappa shape index (κ2) is 6.43. The molecule has 0 atom stereocenters. The van der Waals surface area contributed by atoms with Crippen LogP contribution in [0.5, 0.6) is 0 Å². The van der Waals surface area contributed by atoms with Gasteiger partial charge in [0.1, 0.15) is 5.69 Å². The van der Waals surface area contributed by atoms with Crippen LogP contribution in [0.25, 0.3) is 10.9 Å². The summed E-state index contributed by atoms with van der Waals surface area (Å²) >= 11 is 0. The van der Waals surface area contributed by atoms with Crippen LogP contribution in [0.3, 0.4) is 0 Å². The number of hydrogen-bond donors (Lipinski definition) is 3. The number of amides is 2. The maximum Gasteiger partial charge on any atom is 0.267 e. The van der Waals surface area contributed by atoms with Crippen LogP contribution in [0.1, 0.15) is 29.9 Å². The molecule has 2 aromatic rings. The van der Waals surface area contributed by atoms with Gasteiger partial charge in [0.2, 0.25) is 5.91 Å². The predicted molar refractivity (Wildman–Crippen MR) is 83.2 cm³/mol. The van der Waals surface area contributed by atoms with Crippen molar-refractivity contribution in [3.63, 3.8) is 0 Å². The van der Waals surface area contributed by atoms with Gasteiger partial charge in [0.25, 0.3) is 5.91 Å². The number of aromatic nitrogens is 1. The fraction of sp³-hybridized carbons (Fsp3) is 0.375. The van der Waals surface area contributed by atoms with E-state index in [0.717, 1.165) is 16.5 Å². The number of carbonyl (C=O) groups is 2. The van der Waals surface area contributed by atoms with Crippen LogP contribution in [-0.2, 0) is 4.79 Å². The Morgan fingerprint density at radius 1 is 1.14 bits per heavy atom. The zero-order valence-electron chi connectivity index (χ0n) is 12.6. The normalized spacial score (nSPS) is 10.9. The van der Waals surface area contributed by atoms with Crippen LogP contribution >= 0.6 is 0 Å². The van der Waals surface area contributed by atoms with E-state index in [-0.39, 0.29) is 17.7 Å². The average Bonchev–Trinajstić information content (AvgIpc) is 2.85. The molecule has 0 bridgehead atoms. The molecule has 2 rings (SSSR count). The highest BCUT2D eigenvalue weighted by atomic mass is 16.2. The molecular formula is C16H21N3O2. The van der Waals surface area contributed by atoms with Gasteiger partial charge in [-0.15, -0.1) is 0 Å². The van der Waals surface area contributed by atoms with E-state index in [1.165, 1.54) is 0 Å². The summed E-state index contributed by atoms with van der Waals surface area (Å²) in [6.45, 7) is 6.53. The van der Waals surface area contributed by atoms with Crippen LogP contribution in [0.4, 0.5) is 0 Å². The Morgan fingerprint density at radius 2 is 1.86 bits per heavy atom. The van der Waals surface area contributed by atoms with Crippen molar-refractivity contribution in [1.82, 2.24) is 15.6 Å². The van der Waals surface area contributed by atoms with Gasteiger partial charge in [-0.1, -0.05) is 25.5 Å². The van der Waals surface area contributed by atoms with E-state index < -0.39 is 0 Å². The minimum Gasteiger partial charge on any atom is -0.354 e. The quantitative estimate of drug-likeness (QED) is 0.736. The Bertz CT molecular complexity index is 659. The number of H-pyrrole nitrogens is 1. The number of carbonyl (C=O) groups excluding carboxylic acids is 2. The molecule has 0 unspecified atom stereocenters. The van der Waals surface area contributed by atoms with Gasteiger partial charge in [0, 0.05) is 29.9 Å². The summed E-state index contributed by atoms with van der Waals surface area (Å²) in [5, 5.41) is 6.56. The van der Waals surface area contributed by atoms with E-state index in [0.29, 0.717) is 18.8 Å². The van der Waals surface area contributed by atoms with Crippen molar-refractivity contribution in [3.05, 3.63) is 35.5 Å². The zero-order valence-corrected chi connectivity index (χ0v) is 12.6. The summed E-state index contributed by atoms with van der Waals surface area (Å²) in [5.41, 5.74) is 2.63. The van der Waals surface area contributed by atoms with Crippen molar-refractivity contribution in [2.24, 2.45) is 5.92 Å². The number of nitrogens with one attached hydrogen (secondary N) is 3.